The molecule has 0 saturated heterocycles. The van der Waals surface area contributed by atoms with Gasteiger partial charge in [-0.25, -0.2) is 0 Å². The highest BCUT2D eigenvalue weighted by Crippen LogP contribution is 2.29. The van der Waals surface area contributed by atoms with Crippen LogP contribution in [0, 0.1) is 5.92 Å². The lowest BCUT2D eigenvalue weighted by molar-refractivity contribution is -0.132. The van der Waals surface area contributed by atoms with E-state index in [-0.39, 0.29) is 12.5 Å². The molecule has 0 aliphatic heterocycles. The number of carbonyl (C=O) groups is 1. The average molecular weight is 197 g/mol. The maximum Gasteiger partial charge on any atom is 0.223 e. The quantitative estimate of drug-likeness (QED) is 0.650. The molecule has 1 fully saturated rings. The molecule has 0 bridgehead atoms. The van der Waals surface area contributed by atoms with Crippen LogP contribution in [0.15, 0.2) is 12.7 Å². The Bertz CT molecular complexity index is 199. The fraction of sp³-hybridized carbons (Fsp3) is 0.727. The first kappa shape index (κ1) is 11.2. The minimum Gasteiger partial charge on any atom is -0.395 e. The molecule has 0 atom stereocenters. The number of aliphatic hydroxyl groups excluding tert-OH is 1. The third-order valence-electron chi connectivity index (χ3n) is 2.76. The first-order valence-corrected chi connectivity index (χ1v) is 5.27. The standard InChI is InChI=1S/C11H19NO2/c1-2-6-12(7-8-13)11(14)9-10-4-3-5-10/h2,10,13H,1,3-9H2. The summed E-state index contributed by atoms with van der Waals surface area (Å²) in [5, 5.41) is 8.79. The second kappa shape index (κ2) is 5.81. The third-order valence-corrected chi connectivity index (χ3v) is 2.76. The molecule has 1 saturated carbocycles. The molecule has 3 nitrogen and oxygen atoms in total. The van der Waals surface area contributed by atoms with Crippen molar-refractivity contribution in [3.05, 3.63) is 12.7 Å². The van der Waals surface area contributed by atoms with Crippen LogP contribution in [0.25, 0.3) is 0 Å². The van der Waals surface area contributed by atoms with Crippen LogP contribution in [-0.4, -0.2) is 35.6 Å². The van der Waals surface area contributed by atoms with E-state index in [1.165, 1.54) is 19.3 Å². The molecule has 0 heterocycles. The maximum atomic E-state index is 11.7. The van der Waals surface area contributed by atoms with Gasteiger partial charge in [0.2, 0.25) is 5.91 Å². The van der Waals surface area contributed by atoms with Gasteiger partial charge in [-0.05, 0) is 18.8 Å². The van der Waals surface area contributed by atoms with Gasteiger partial charge >= 0.3 is 0 Å². The monoisotopic (exact) mass is 197 g/mol. The molecule has 1 rings (SSSR count). The number of carbonyl (C=O) groups excluding carboxylic acids is 1. The van der Waals surface area contributed by atoms with Crippen molar-refractivity contribution in [2.24, 2.45) is 5.92 Å². The van der Waals surface area contributed by atoms with Crippen molar-refractivity contribution >= 4 is 5.91 Å². The minimum atomic E-state index is 0.0320. The van der Waals surface area contributed by atoms with Crippen LogP contribution in [0.5, 0.6) is 0 Å². The Morgan fingerprint density at radius 3 is 2.71 bits per heavy atom. The first-order chi connectivity index (χ1) is 6.77. The van der Waals surface area contributed by atoms with E-state index >= 15 is 0 Å². The van der Waals surface area contributed by atoms with Crippen molar-refractivity contribution in [2.75, 3.05) is 19.7 Å². The van der Waals surface area contributed by atoms with E-state index in [0.29, 0.717) is 25.4 Å². The fourth-order valence-corrected chi connectivity index (χ4v) is 1.67. The van der Waals surface area contributed by atoms with Crippen LogP contribution in [0.4, 0.5) is 0 Å². The van der Waals surface area contributed by atoms with Crippen molar-refractivity contribution in [1.29, 1.82) is 0 Å². The summed E-state index contributed by atoms with van der Waals surface area (Å²) in [7, 11) is 0. The van der Waals surface area contributed by atoms with E-state index in [2.05, 4.69) is 6.58 Å². The van der Waals surface area contributed by atoms with Crippen molar-refractivity contribution in [1.82, 2.24) is 4.90 Å². The largest absolute Gasteiger partial charge is 0.395 e. The molecular weight excluding hydrogens is 178 g/mol. The van der Waals surface area contributed by atoms with Gasteiger partial charge in [0.25, 0.3) is 0 Å². The van der Waals surface area contributed by atoms with Gasteiger partial charge in [0, 0.05) is 19.5 Å². The normalized spacial score (nSPS) is 16.1. The molecular formula is C11H19NO2. The summed E-state index contributed by atoms with van der Waals surface area (Å²) in [4.78, 5) is 13.4. The van der Waals surface area contributed by atoms with Crippen molar-refractivity contribution in [2.45, 2.75) is 25.7 Å². The summed E-state index contributed by atoms with van der Waals surface area (Å²) in [6, 6.07) is 0. The average Bonchev–Trinajstić information content (AvgIpc) is 2.11. The number of hydrogen-bond acceptors (Lipinski definition) is 2. The molecule has 1 aliphatic carbocycles. The van der Waals surface area contributed by atoms with E-state index in [1.807, 2.05) is 0 Å². The van der Waals surface area contributed by atoms with Crippen LogP contribution in [0.3, 0.4) is 0 Å². The molecule has 0 aromatic rings. The summed E-state index contributed by atoms with van der Waals surface area (Å²) in [5.41, 5.74) is 0. The Kier molecular flexibility index (Phi) is 4.66. The molecule has 1 aliphatic rings. The summed E-state index contributed by atoms with van der Waals surface area (Å²) >= 11 is 0. The third kappa shape index (κ3) is 3.14. The lowest BCUT2D eigenvalue weighted by atomic mass is 9.82. The maximum absolute atomic E-state index is 11.7. The lowest BCUT2D eigenvalue weighted by Gasteiger charge is -2.28. The lowest BCUT2D eigenvalue weighted by Crippen LogP contribution is -2.35. The van der Waals surface area contributed by atoms with Crippen molar-refractivity contribution in [3.8, 4) is 0 Å². The molecule has 80 valence electrons. The topological polar surface area (TPSA) is 40.5 Å². The van der Waals surface area contributed by atoms with Crippen LogP contribution < -0.4 is 0 Å². The highest BCUT2D eigenvalue weighted by Gasteiger charge is 2.22. The summed E-state index contributed by atoms with van der Waals surface area (Å²) in [5.74, 6) is 0.747. The van der Waals surface area contributed by atoms with Gasteiger partial charge in [0.1, 0.15) is 0 Å². The summed E-state index contributed by atoms with van der Waals surface area (Å²) in [6.07, 6.45) is 5.99. The van der Waals surface area contributed by atoms with Crippen LogP contribution in [-0.2, 0) is 4.79 Å². The fourth-order valence-electron chi connectivity index (χ4n) is 1.67. The number of aliphatic hydroxyl groups is 1. The number of amides is 1. The highest BCUT2D eigenvalue weighted by atomic mass is 16.3. The Morgan fingerprint density at radius 1 is 1.57 bits per heavy atom. The first-order valence-electron chi connectivity index (χ1n) is 5.27. The molecule has 0 aromatic heterocycles. The van der Waals surface area contributed by atoms with Crippen molar-refractivity contribution < 1.29 is 9.90 Å². The molecule has 0 spiro atoms. The van der Waals surface area contributed by atoms with E-state index in [9.17, 15) is 4.79 Å². The Balaban J connectivity index is 2.31. The van der Waals surface area contributed by atoms with Gasteiger partial charge in [0.15, 0.2) is 0 Å². The number of hydrogen-bond donors (Lipinski definition) is 1. The van der Waals surface area contributed by atoms with Crippen LogP contribution in [0.2, 0.25) is 0 Å². The molecule has 0 unspecified atom stereocenters. The van der Waals surface area contributed by atoms with E-state index in [4.69, 9.17) is 5.11 Å². The van der Waals surface area contributed by atoms with Gasteiger partial charge in [-0.3, -0.25) is 4.79 Å². The molecule has 14 heavy (non-hydrogen) atoms. The highest BCUT2D eigenvalue weighted by molar-refractivity contribution is 5.76. The van der Waals surface area contributed by atoms with Gasteiger partial charge < -0.3 is 10.0 Å². The summed E-state index contributed by atoms with van der Waals surface area (Å²) < 4.78 is 0. The second-order valence-electron chi connectivity index (χ2n) is 3.85. The minimum absolute atomic E-state index is 0.0320. The molecule has 0 aromatic carbocycles. The molecule has 0 radical (unpaired) electrons. The zero-order chi connectivity index (χ0) is 10.4. The Morgan fingerprint density at radius 2 is 2.29 bits per heavy atom. The molecule has 3 heteroatoms. The van der Waals surface area contributed by atoms with Gasteiger partial charge in [-0.15, -0.1) is 6.58 Å². The second-order valence-corrected chi connectivity index (χ2v) is 3.85. The van der Waals surface area contributed by atoms with E-state index in [0.717, 1.165) is 0 Å². The SMILES string of the molecule is C=CCN(CCO)C(=O)CC1CCC1. The predicted octanol–water partition coefficient (Wildman–Crippen LogP) is 1.18. The zero-order valence-electron chi connectivity index (χ0n) is 8.61. The molecule has 1 N–H and O–H groups in total. The van der Waals surface area contributed by atoms with Crippen molar-refractivity contribution in [3.63, 3.8) is 0 Å². The zero-order valence-corrected chi connectivity index (χ0v) is 8.61. The van der Waals surface area contributed by atoms with E-state index in [1.54, 1.807) is 11.0 Å². The number of nitrogens with zero attached hydrogens (tertiary/aromatic N) is 1. The van der Waals surface area contributed by atoms with Crippen LogP contribution in [0.1, 0.15) is 25.7 Å². The molecule has 1 amide bonds. The Labute approximate surface area is 85.4 Å². The predicted molar refractivity (Wildman–Crippen MR) is 55.8 cm³/mol. The van der Waals surface area contributed by atoms with Gasteiger partial charge in [-0.2, -0.15) is 0 Å². The number of rotatable bonds is 6. The van der Waals surface area contributed by atoms with Gasteiger partial charge in [0.05, 0.1) is 6.61 Å². The smallest absolute Gasteiger partial charge is 0.223 e. The Hall–Kier alpha value is -0.830. The van der Waals surface area contributed by atoms with Crippen LogP contribution >= 0.6 is 0 Å². The van der Waals surface area contributed by atoms with Gasteiger partial charge in [-0.1, -0.05) is 12.5 Å². The van der Waals surface area contributed by atoms with E-state index < -0.39 is 0 Å². The summed E-state index contributed by atoms with van der Waals surface area (Å²) in [6.45, 7) is 4.61.